The molecule has 0 radical (unpaired) electrons. The lowest BCUT2D eigenvalue weighted by molar-refractivity contribution is -0.112. The molecule has 5 heteroatoms. The van der Waals surface area contributed by atoms with E-state index < -0.39 is 0 Å². The molecule has 0 atom stereocenters. The van der Waals surface area contributed by atoms with E-state index in [0.717, 1.165) is 44.6 Å². The Morgan fingerprint density at radius 3 is 2.58 bits per heavy atom. The molecule has 0 unspecified atom stereocenters. The number of rotatable bonds is 4. The molecule has 0 N–H and O–H groups in total. The Morgan fingerprint density at radius 2 is 1.96 bits per heavy atom. The van der Waals surface area contributed by atoms with Crippen LogP contribution in [0, 0.1) is 13.8 Å². The average Bonchev–Trinajstić information content (AvgIpc) is 2.93. The van der Waals surface area contributed by atoms with Gasteiger partial charge in [-0.3, -0.25) is 4.79 Å². The standard InChI is InChI=1S/C21H22ClNO2S/c1-6-23-19(11-14(4)24)26-18-8-7-17(25-5)20(21(18)23)15-9-12(2)13(3)10-16(15)22/h7-11H,6H2,1-5H3/b19-11-. The van der Waals surface area contributed by atoms with Gasteiger partial charge >= 0.3 is 0 Å². The van der Waals surface area contributed by atoms with Crippen LogP contribution in [0.15, 0.2) is 40.3 Å². The maximum absolute atomic E-state index is 11.7. The SMILES string of the molecule is CCN1/C(=C/C(C)=O)Sc2ccc(OC)c(-c3cc(C)c(C)cc3Cl)c21. The van der Waals surface area contributed by atoms with Crippen molar-refractivity contribution in [2.45, 2.75) is 32.6 Å². The van der Waals surface area contributed by atoms with Crippen molar-refractivity contribution < 1.29 is 9.53 Å². The zero-order valence-electron chi connectivity index (χ0n) is 15.6. The van der Waals surface area contributed by atoms with Crippen LogP contribution in [-0.4, -0.2) is 19.4 Å². The number of benzene rings is 2. The Hall–Kier alpha value is -1.91. The number of thioether (sulfide) groups is 1. The zero-order valence-corrected chi connectivity index (χ0v) is 17.2. The number of nitrogens with zero attached hydrogens (tertiary/aromatic N) is 1. The summed E-state index contributed by atoms with van der Waals surface area (Å²) < 4.78 is 5.68. The zero-order chi connectivity index (χ0) is 19.0. The Kier molecular flexibility index (Phi) is 5.35. The van der Waals surface area contributed by atoms with Gasteiger partial charge in [-0.1, -0.05) is 23.4 Å². The predicted molar refractivity (Wildman–Crippen MR) is 111 cm³/mol. The van der Waals surface area contributed by atoms with Gasteiger partial charge in [0, 0.05) is 28.1 Å². The van der Waals surface area contributed by atoms with Gasteiger partial charge in [-0.2, -0.15) is 0 Å². The van der Waals surface area contributed by atoms with Crippen LogP contribution in [0.1, 0.15) is 25.0 Å². The van der Waals surface area contributed by atoms with Gasteiger partial charge in [0.15, 0.2) is 5.78 Å². The number of hydrogen-bond donors (Lipinski definition) is 0. The first kappa shape index (κ1) is 18.9. The van der Waals surface area contributed by atoms with Crippen LogP contribution in [0.3, 0.4) is 0 Å². The summed E-state index contributed by atoms with van der Waals surface area (Å²) in [6.45, 7) is 8.54. The second-order valence-electron chi connectivity index (χ2n) is 6.35. The molecule has 0 amide bonds. The van der Waals surface area contributed by atoms with E-state index in [1.807, 2.05) is 18.2 Å². The molecule has 1 heterocycles. The molecule has 3 rings (SSSR count). The van der Waals surface area contributed by atoms with Crippen LogP contribution >= 0.6 is 23.4 Å². The first-order valence-electron chi connectivity index (χ1n) is 8.53. The smallest absolute Gasteiger partial charge is 0.155 e. The number of carbonyl (C=O) groups is 1. The van der Waals surface area contributed by atoms with E-state index >= 15 is 0 Å². The summed E-state index contributed by atoms with van der Waals surface area (Å²) >= 11 is 8.23. The molecule has 0 spiro atoms. The van der Waals surface area contributed by atoms with Gasteiger partial charge in [-0.15, -0.1) is 0 Å². The average molecular weight is 388 g/mol. The number of aryl methyl sites for hydroxylation is 2. The largest absolute Gasteiger partial charge is 0.496 e. The van der Waals surface area contributed by atoms with Crippen molar-refractivity contribution in [2.75, 3.05) is 18.6 Å². The van der Waals surface area contributed by atoms with Crippen molar-refractivity contribution in [1.29, 1.82) is 0 Å². The third-order valence-corrected chi connectivity index (χ3v) is 5.98. The molecule has 1 aliphatic heterocycles. The van der Waals surface area contributed by atoms with Gasteiger partial charge < -0.3 is 9.64 Å². The molecular formula is C21H22ClNO2S. The normalized spacial score (nSPS) is 14.7. The number of ether oxygens (including phenoxy) is 1. The fourth-order valence-electron chi connectivity index (χ4n) is 3.18. The van der Waals surface area contributed by atoms with Crippen LogP contribution in [0.25, 0.3) is 11.1 Å². The summed E-state index contributed by atoms with van der Waals surface area (Å²) in [5, 5.41) is 1.63. The van der Waals surface area contributed by atoms with Crippen LogP contribution < -0.4 is 9.64 Å². The summed E-state index contributed by atoms with van der Waals surface area (Å²) in [6, 6.07) is 8.12. The second-order valence-corrected chi connectivity index (χ2v) is 7.81. The van der Waals surface area contributed by atoms with Crippen molar-refractivity contribution in [2.24, 2.45) is 0 Å². The molecule has 0 saturated heterocycles. The van der Waals surface area contributed by atoms with Crippen molar-refractivity contribution in [1.82, 2.24) is 0 Å². The predicted octanol–water partition coefficient (Wildman–Crippen LogP) is 5.99. The van der Waals surface area contributed by atoms with E-state index in [9.17, 15) is 4.79 Å². The minimum atomic E-state index is 0.0384. The number of fused-ring (bicyclic) bond motifs is 1. The van der Waals surface area contributed by atoms with Gasteiger partial charge in [-0.05, 0) is 63.1 Å². The van der Waals surface area contributed by atoms with Crippen LogP contribution in [0.5, 0.6) is 5.75 Å². The topological polar surface area (TPSA) is 29.5 Å². The molecule has 0 fully saturated rings. The summed E-state index contributed by atoms with van der Waals surface area (Å²) in [5.74, 6) is 0.813. The Bertz CT molecular complexity index is 921. The van der Waals surface area contributed by atoms with Crippen molar-refractivity contribution in [3.8, 4) is 16.9 Å². The van der Waals surface area contributed by atoms with E-state index in [2.05, 4.69) is 31.7 Å². The number of carbonyl (C=O) groups excluding carboxylic acids is 1. The molecule has 0 bridgehead atoms. The third-order valence-electron chi connectivity index (χ3n) is 4.57. The van der Waals surface area contributed by atoms with E-state index in [4.69, 9.17) is 16.3 Å². The van der Waals surface area contributed by atoms with Gasteiger partial charge in [-0.25, -0.2) is 0 Å². The molecule has 0 aliphatic carbocycles. The first-order valence-corrected chi connectivity index (χ1v) is 9.72. The van der Waals surface area contributed by atoms with E-state index in [0.29, 0.717) is 5.02 Å². The van der Waals surface area contributed by atoms with Gasteiger partial charge in [0.05, 0.1) is 23.4 Å². The highest BCUT2D eigenvalue weighted by Crippen LogP contribution is 2.54. The Balaban J connectivity index is 2.31. The maximum atomic E-state index is 11.7. The molecular weight excluding hydrogens is 366 g/mol. The van der Waals surface area contributed by atoms with Gasteiger partial charge in [0.2, 0.25) is 0 Å². The number of methoxy groups -OCH3 is 1. The molecule has 2 aromatic carbocycles. The van der Waals surface area contributed by atoms with E-state index in [1.165, 1.54) is 5.56 Å². The minimum Gasteiger partial charge on any atom is -0.496 e. The second kappa shape index (κ2) is 7.37. The quantitative estimate of drug-likeness (QED) is 0.602. The number of anilines is 1. The maximum Gasteiger partial charge on any atom is 0.155 e. The molecule has 1 aliphatic rings. The van der Waals surface area contributed by atoms with E-state index in [-0.39, 0.29) is 5.78 Å². The molecule has 26 heavy (non-hydrogen) atoms. The Labute approximate surface area is 164 Å². The summed E-state index contributed by atoms with van der Waals surface area (Å²) in [4.78, 5) is 14.9. The molecule has 0 aromatic heterocycles. The lowest BCUT2D eigenvalue weighted by Gasteiger charge is -2.23. The number of ketones is 1. The molecule has 0 saturated carbocycles. The molecule has 136 valence electrons. The fourth-order valence-corrected chi connectivity index (χ4v) is 4.72. The van der Waals surface area contributed by atoms with E-state index in [1.54, 1.807) is 31.9 Å². The highest BCUT2D eigenvalue weighted by atomic mass is 35.5. The minimum absolute atomic E-state index is 0.0384. The van der Waals surface area contributed by atoms with Gasteiger partial charge in [0.25, 0.3) is 0 Å². The first-order chi connectivity index (χ1) is 12.4. The highest BCUT2D eigenvalue weighted by molar-refractivity contribution is 8.03. The Morgan fingerprint density at radius 1 is 1.27 bits per heavy atom. The monoisotopic (exact) mass is 387 g/mol. The molecule has 3 nitrogen and oxygen atoms in total. The lowest BCUT2D eigenvalue weighted by Crippen LogP contribution is -2.18. The third kappa shape index (κ3) is 3.24. The van der Waals surface area contributed by atoms with Gasteiger partial charge in [0.1, 0.15) is 5.75 Å². The number of halogens is 1. The number of hydrogen-bond acceptors (Lipinski definition) is 4. The van der Waals surface area contributed by atoms with Crippen LogP contribution in [-0.2, 0) is 4.79 Å². The lowest BCUT2D eigenvalue weighted by atomic mass is 9.97. The van der Waals surface area contributed by atoms with Crippen LogP contribution in [0.4, 0.5) is 5.69 Å². The number of allylic oxidation sites excluding steroid dienone is 1. The summed E-state index contributed by atoms with van der Waals surface area (Å²) in [5.41, 5.74) is 5.31. The summed E-state index contributed by atoms with van der Waals surface area (Å²) in [6.07, 6.45) is 1.69. The fraction of sp³-hybridized carbons (Fsp3) is 0.286. The van der Waals surface area contributed by atoms with Crippen molar-refractivity contribution >= 4 is 34.8 Å². The molecule has 2 aromatic rings. The highest BCUT2D eigenvalue weighted by Gasteiger charge is 2.30. The van der Waals surface area contributed by atoms with Crippen molar-refractivity contribution in [3.63, 3.8) is 0 Å². The van der Waals surface area contributed by atoms with Crippen molar-refractivity contribution in [3.05, 3.63) is 51.5 Å². The summed E-state index contributed by atoms with van der Waals surface area (Å²) in [7, 11) is 1.67. The van der Waals surface area contributed by atoms with Crippen LogP contribution in [0.2, 0.25) is 5.02 Å².